The number of nitriles is 1. The monoisotopic (exact) mass is 494 g/mol. The summed E-state index contributed by atoms with van der Waals surface area (Å²) in [5.41, 5.74) is 1.18. The first-order chi connectivity index (χ1) is 17.2. The van der Waals surface area contributed by atoms with Crippen molar-refractivity contribution in [3.05, 3.63) is 70.8 Å². The van der Waals surface area contributed by atoms with Crippen LogP contribution in [-0.2, 0) is 6.54 Å². The van der Waals surface area contributed by atoms with E-state index in [-0.39, 0.29) is 41.6 Å². The second-order valence-electron chi connectivity index (χ2n) is 8.48. The average molecular weight is 494 g/mol. The fourth-order valence-electron chi connectivity index (χ4n) is 3.74. The fourth-order valence-corrected chi connectivity index (χ4v) is 3.74. The van der Waals surface area contributed by atoms with Crippen LogP contribution < -0.4 is 15.0 Å². The predicted octanol–water partition coefficient (Wildman–Crippen LogP) is 3.88. The van der Waals surface area contributed by atoms with Crippen molar-refractivity contribution in [2.75, 3.05) is 6.61 Å². The zero-order valence-corrected chi connectivity index (χ0v) is 18.6. The van der Waals surface area contributed by atoms with Crippen LogP contribution in [0.25, 0.3) is 22.0 Å². The van der Waals surface area contributed by atoms with Gasteiger partial charge in [0.2, 0.25) is 0 Å². The summed E-state index contributed by atoms with van der Waals surface area (Å²) in [6, 6.07) is 13.9. The molecule has 1 fully saturated rings. The molecule has 1 aliphatic rings. The molecule has 12 heteroatoms. The Bertz CT molecular complexity index is 1530. The Morgan fingerprint density at radius 2 is 1.83 bits per heavy atom. The van der Waals surface area contributed by atoms with Crippen LogP contribution >= 0.6 is 0 Å². The number of hydrogen-bond donors (Lipinski definition) is 0. The topological polar surface area (TPSA) is 116 Å². The minimum Gasteiger partial charge on any atom is -0.463 e. The van der Waals surface area contributed by atoms with Crippen LogP contribution in [0.3, 0.4) is 0 Å². The summed E-state index contributed by atoms with van der Waals surface area (Å²) >= 11 is 0. The number of fused-ring (bicyclic) bond motifs is 1. The number of rotatable bonds is 7. The highest BCUT2D eigenvalue weighted by molar-refractivity contribution is 5.83. The van der Waals surface area contributed by atoms with E-state index in [4.69, 9.17) is 10.00 Å². The average Bonchev–Trinajstić information content (AvgIpc) is 3.64. The molecule has 0 amide bonds. The van der Waals surface area contributed by atoms with Gasteiger partial charge in [0.25, 0.3) is 5.56 Å². The molecular formula is C24H17F3N6O3. The summed E-state index contributed by atoms with van der Waals surface area (Å²) in [6.45, 7) is 0.529. The number of aromatic nitrogens is 5. The van der Waals surface area contributed by atoms with Crippen molar-refractivity contribution >= 4 is 10.9 Å². The molecule has 1 aliphatic carbocycles. The summed E-state index contributed by atoms with van der Waals surface area (Å²) in [5, 5.41) is 17.5. The van der Waals surface area contributed by atoms with Gasteiger partial charge in [-0.15, -0.1) is 18.3 Å². The van der Waals surface area contributed by atoms with Crippen LogP contribution in [-0.4, -0.2) is 37.9 Å². The second kappa shape index (κ2) is 8.92. The highest BCUT2D eigenvalue weighted by Crippen LogP contribution is 2.47. The van der Waals surface area contributed by atoms with Crippen LogP contribution in [0, 0.1) is 16.7 Å². The van der Waals surface area contributed by atoms with E-state index in [2.05, 4.69) is 25.0 Å². The zero-order chi connectivity index (χ0) is 25.3. The van der Waals surface area contributed by atoms with Gasteiger partial charge in [-0.05, 0) is 54.3 Å². The van der Waals surface area contributed by atoms with Crippen LogP contribution in [0.15, 0.2) is 59.5 Å². The molecular weight excluding hydrogens is 477 g/mol. The Labute approximate surface area is 201 Å². The van der Waals surface area contributed by atoms with Crippen molar-refractivity contribution in [2.45, 2.75) is 25.7 Å². The maximum atomic E-state index is 13.2. The lowest BCUT2D eigenvalue weighted by Crippen LogP contribution is -2.31. The van der Waals surface area contributed by atoms with Crippen molar-refractivity contribution in [1.29, 1.82) is 5.26 Å². The molecule has 2 aromatic carbocycles. The molecule has 0 N–H and O–H groups in total. The van der Waals surface area contributed by atoms with Gasteiger partial charge in [-0.3, -0.25) is 4.79 Å². The van der Waals surface area contributed by atoms with E-state index < -0.39 is 6.36 Å². The van der Waals surface area contributed by atoms with Crippen molar-refractivity contribution in [3.8, 4) is 29.0 Å². The Kier molecular flexibility index (Phi) is 5.75. The van der Waals surface area contributed by atoms with E-state index >= 15 is 0 Å². The van der Waals surface area contributed by atoms with Gasteiger partial charge in [-0.25, -0.2) is 9.67 Å². The van der Waals surface area contributed by atoms with Crippen molar-refractivity contribution in [3.63, 3.8) is 0 Å². The van der Waals surface area contributed by atoms with E-state index in [1.54, 1.807) is 18.2 Å². The summed E-state index contributed by atoms with van der Waals surface area (Å²) in [4.78, 5) is 21.2. The van der Waals surface area contributed by atoms with Crippen molar-refractivity contribution in [2.24, 2.45) is 5.41 Å². The second-order valence-corrected chi connectivity index (χ2v) is 8.48. The molecule has 0 bridgehead atoms. The van der Waals surface area contributed by atoms with Crippen LogP contribution in [0.5, 0.6) is 11.8 Å². The first kappa shape index (κ1) is 23.2. The number of alkyl halides is 3. The van der Waals surface area contributed by atoms with Crippen molar-refractivity contribution in [1.82, 2.24) is 25.0 Å². The first-order valence-electron chi connectivity index (χ1n) is 10.8. The highest BCUT2D eigenvalue weighted by Gasteiger charge is 2.45. The molecule has 36 heavy (non-hydrogen) atoms. The molecule has 1 saturated carbocycles. The molecule has 0 saturated heterocycles. The zero-order valence-electron chi connectivity index (χ0n) is 18.6. The Balaban J connectivity index is 1.35. The molecule has 2 aromatic heterocycles. The largest absolute Gasteiger partial charge is 0.573 e. The molecule has 0 unspecified atom stereocenters. The summed E-state index contributed by atoms with van der Waals surface area (Å²) in [7, 11) is 0. The quantitative estimate of drug-likeness (QED) is 0.380. The molecule has 4 aromatic rings. The van der Waals surface area contributed by atoms with Crippen LogP contribution in [0.4, 0.5) is 13.2 Å². The molecule has 0 atom stereocenters. The maximum Gasteiger partial charge on any atom is 0.573 e. The molecule has 0 spiro atoms. The van der Waals surface area contributed by atoms with E-state index in [9.17, 15) is 18.0 Å². The molecule has 2 heterocycles. The highest BCUT2D eigenvalue weighted by atomic mass is 19.4. The van der Waals surface area contributed by atoms with Crippen molar-refractivity contribution < 1.29 is 22.6 Å². The number of hydrogen-bond acceptors (Lipinski definition) is 8. The van der Waals surface area contributed by atoms with Gasteiger partial charge >= 0.3 is 12.4 Å². The van der Waals surface area contributed by atoms with Gasteiger partial charge in [0.15, 0.2) is 0 Å². The van der Waals surface area contributed by atoms with Gasteiger partial charge in [0.05, 0.1) is 18.5 Å². The molecule has 9 nitrogen and oxygen atoms in total. The summed E-state index contributed by atoms with van der Waals surface area (Å²) in [6.07, 6.45) is -1.72. The van der Waals surface area contributed by atoms with Crippen LogP contribution in [0.2, 0.25) is 0 Å². The van der Waals surface area contributed by atoms with Crippen LogP contribution in [0.1, 0.15) is 18.5 Å². The minimum absolute atomic E-state index is 0.0913. The van der Waals surface area contributed by atoms with Gasteiger partial charge in [-0.1, -0.05) is 23.4 Å². The SMILES string of the molecule is N#Cc1ccnc(OCC2(Cn3nnc4ccc(-c5ccc(OC(F)(F)F)cc5)cc4c3=O)CC2)n1. The number of halogens is 3. The Morgan fingerprint density at radius 1 is 1.08 bits per heavy atom. The smallest absolute Gasteiger partial charge is 0.463 e. The maximum absolute atomic E-state index is 13.2. The van der Waals surface area contributed by atoms with Gasteiger partial charge < -0.3 is 9.47 Å². The third-order valence-corrected chi connectivity index (χ3v) is 5.84. The molecule has 0 aliphatic heterocycles. The molecule has 0 radical (unpaired) electrons. The summed E-state index contributed by atoms with van der Waals surface area (Å²) < 4.78 is 48.1. The fraction of sp³-hybridized carbons (Fsp3) is 0.250. The normalized spacial score (nSPS) is 14.3. The standard InChI is InChI=1S/C24H17F3N6O3/c25-24(26,27)36-18-4-1-15(2-5-18)16-3-6-20-19(11-16)21(34)33(32-31-20)13-23(8-9-23)14-35-22-29-10-7-17(12-28)30-22/h1-7,10-11H,8-9,13-14H2. The lowest BCUT2D eigenvalue weighted by atomic mass is 10.0. The molecule has 182 valence electrons. The lowest BCUT2D eigenvalue weighted by Gasteiger charge is -2.16. The third kappa shape index (κ3) is 5.10. The summed E-state index contributed by atoms with van der Waals surface area (Å²) in [5.74, 6) is -0.332. The predicted molar refractivity (Wildman–Crippen MR) is 120 cm³/mol. The van der Waals surface area contributed by atoms with E-state index in [1.165, 1.54) is 41.2 Å². The van der Waals surface area contributed by atoms with Gasteiger partial charge in [0, 0.05) is 11.6 Å². The Hall–Kier alpha value is -4.53. The Morgan fingerprint density at radius 3 is 2.53 bits per heavy atom. The van der Waals surface area contributed by atoms with Gasteiger partial charge in [-0.2, -0.15) is 10.2 Å². The van der Waals surface area contributed by atoms with E-state index in [1.807, 2.05) is 6.07 Å². The molecule has 5 rings (SSSR count). The minimum atomic E-state index is -4.77. The number of nitrogens with zero attached hydrogens (tertiary/aromatic N) is 6. The number of benzene rings is 2. The number of ether oxygens (including phenoxy) is 2. The van der Waals surface area contributed by atoms with E-state index in [0.717, 1.165) is 12.8 Å². The van der Waals surface area contributed by atoms with E-state index in [0.29, 0.717) is 22.0 Å². The first-order valence-corrected chi connectivity index (χ1v) is 10.8. The lowest BCUT2D eigenvalue weighted by molar-refractivity contribution is -0.274. The van der Waals surface area contributed by atoms with Gasteiger partial charge in [0.1, 0.15) is 23.0 Å². The third-order valence-electron chi connectivity index (χ3n) is 5.84.